The highest BCUT2D eigenvalue weighted by Gasteiger charge is 2.29. The molecule has 1 aromatic carbocycles. The van der Waals surface area contributed by atoms with Gasteiger partial charge >= 0.3 is 6.09 Å². The van der Waals surface area contributed by atoms with E-state index in [1.54, 1.807) is 36.1 Å². The van der Waals surface area contributed by atoms with Crippen molar-refractivity contribution in [2.45, 2.75) is 26.7 Å². The summed E-state index contributed by atoms with van der Waals surface area (Å²) in [7, 11) is 0. The molecule has 0 bridgehead atoms. The number of amides is 2. The first kappa shape index (κ1) is 17.0. The summed E-state index contributed by atoms with van der Waals surface area (Å²) in [6.07, 6.45) is 1.16. The maximum absolute atomic E-state index is 12.4. The zero-order chi connectivity index (χ0) is 16.8. The molecule has 1 aliphatic rings. The molecule has 6 nitrogen and oxygen atoms in total. The minimum absolute atomic E-state index is 0.0137. The van der Waals surface area contributed by atoms with Gasteiger partial charge in [0.2, 0.25) is 5.91 Å². The maximum atomic E-state index is 12.4. The molecule has 1 atom stereocenters. The molecule has 1 fully saturated rings. The first-order chi connectivity index (χ1) is 11.0. The second kappa shape index (κ2) is 7.76. The number of hydrogen-bond donors (Lipinski definition) is 1. The Labute approximate surface area is 135 Å². The quantitative estimate of drug-likeness (QED) is 0.866. The molecule has 124 valence electrons. The second-order valence-corrected chi connectivity index (χ2v) is 5.61. The summed E-state index contributed by atoms with van der Waals surface area (Å²) in [5, 5.41) is 2.84. The third-order valence-corrected chi connectivity index (χ3v) is 3.88. The number of likely N-dealkylation sites (tertiary alicyclic amines) is 1. The van der Waals surface area contributed by atoms with Crippen LogP contribution in [0.1, 0.15) is 37.0 Å². The lowest BCUT2D eigenvalue weighted by molar-refractivity contribution is -0.121. The Morgan fingerprint density at radius 1 is 1.26 bits per heavy atom. The van der Waals surface area contributed by atoms with Crippen molar-refractivity contribution in [2.24, 2.45) is 5.92 Å². The summed E-state index contributed by atoms with van der Waals surface area (Å²) in [6, 6.07) is 6.79. The minimum atomic E-state index is -0.365. The summed E-state index contributed by atoms with van der Waals surface area (Å²) in [6.45, 7) is 4.58. The van der Waals surface area contributed by atoms with Crippen molar-refractivity contribution in [3.05, 3.63) is 29.8 Å². The summed E-state index contributed by atoms with van der Waals surface area (Å²) < 4.78 is 4.99. The largest absolute Gasteiger partial charge is 0.450 e. The number of piperidine rings is 1. The van der Waals surface area contributed by atoms with Crippen LogP contribution < -0.4 is 5.32 Å². The Morgan fingerprint density at radius 3 is 2.57 bits per heavy atom. The van der Waals surface area contributed by atoms with Crippen LogP contribution >= 0.6 is 0 Å². The van der Waals surface area contributed by atoms with E-state index in [-0.39, 0.29) is 23.7 Å². The molecule has 0 aliphatic carbocycles. The van der Waals surface area contributed by atoms with Gasteiger partial charge in [0.05, 0.1) is 12.5 Å². The summed E-state index contributed by atoms with van der Waals surface area (Å²) in [5.41, 5.74) is 1.25. The molecule has 1 saturated heterocycles. The van der Waals surface area contributed by atoms with Crippen molar-refractivity contribution in [3.63, 3.8) is 0 Å². The van der Waals surface area contributed by atoms with E-state index in [4.69, 9.17) is 4.74 Å². The molecule has 2 rings (SSSR count). The highest BCUT2D eigenvalue weighted by molar-refractivity contribution is 5.96. The number of hydrogen-bond acceptors (Lipinski definition) is 4. The van der Waals surface area contributed by atoms with E-state index in [1.165, 1.54) is 6.92 Å². The van der Waals surface area contributed by atoms with Gasteiger partial charge in [-0.1, -0.05) is 0 Å². The molecular weight excluding hydrogens is 296 g/mol. The van der Waals surface area contributed by atoms with Crippen molar-refractivity contribution >= 4 is 23.5 Å². The Kier molecular flexibility index (Phi) is 5.73. The molecule has 2 amide bonds. The fourth-order valence-electron chi connectivity index (χ4n) is 2.60. The number of Topliss-reactive ketones (excluding diaryl/α,β-unsaturated/α-hetero) is 1. The summed E-state index contributed by atoms with van der Waals surface area (Å²) >= 11 is 0. The van der Waals surface area contributed by atoms with Gasteiger partial charge in [-0.05, 0) is 51.0 Å². The highest BCUT2D eigenvalue weighted by atomic mass is 16.6. The molecule has 0 aromatic heterocycles. The lowest BCUT2D eigenvalue weighted by Gasteiger charge is -2.31. The third-order valence-electron chi connectivity index (χ3n) is 3.88. The van der Waals surface area contributed by atoms with Gasteiger partial charge in [0, 0.05) is 24.3 Å². The van der Waals surface area contributed by atoms with Crippen LogP contribution in [0.25, 0.3) is 0 Å². The number of ether oxygens (including phenoxy) is 1. The lowest BCUT2D eigenvalue weighted by Crippen LogP contribution is -2.44. The van der Waals surface area contributed by atoms with Crippen molar-refractivity contribution < 1.29 is 19.1 Å². The number of carbonyl (C=O) groups excluding carboxylic acids is 3. The number of carbonyl (C=O) groups is 3. The molecule has 0 saturated carbocycles. The Bertz CT molecular complexity index is 583. The molecule has 6 heteroatoms. The Hall–Kier alpha value is -2.37. The molecule has 0 radical (unpaired) electrons. The van der Waals surface area contributed by atoms with E-state index in [9.17, 15) is 14.4 Å². The predicted octanol–water partition coefficient (Wildman–Crippen LogP) is 2.70. The van der Waals surface area contributed by atoms with Crippen molar-refractivity contribution in [2.75, 3.05) is 25.0 Å². The predicted molar refractivity (Wildman–Crippen MR) is 86.4 cm³/mol. The van der Waals surface area contributed by atoms with Crippen molar-refractivity contribution in [1.29, 1.82) is 0 Å². The Morgan fingerprint density at radius 2 is 1.96 bits per heavy atom. The van der Waals surface area contributed by atoms with Gasteiger partial charge in [-0.15, -0.1) is 0 Å². The van der Waals surface area contributed by atoms with E-state index in [2.05, 4.69) is 5.32 Å². The molecule has 1 aliphatic heterocycles. The first-order valence-electron chi connectivity index (χ1n) is 7.84. The number of nitrogens with zero attached hydrogens (tertiary/aromatic N) is 1. The first-order valence-corrected chi connectivity index (χ1v) is 7.84. The van der Waals surface area contributed by atoms with Crippen LogP contribution in [0.15, 0.2) is 24.3 Å². The van der Waals surface area contributed by atoms with E-state index in [0.29, 0.717) is 30.9 Å². The van der Waals surface area contributed by atoms with Crippen LogP contribution in [0, 0.1) is 5.92 Å². The number of ketones is 1. The van der Waals surface area contributed by atoms with Crippen LogP contribution in [0.5, 0.6) is 0 Å². The number of anilines is 1. The van der Waals surface area contributed by atoms with Crippen molar-refractivity contribution in [1.82, 2.24) is 4.90 Å². The fraction of sp³-hybridized carbons (Fsp3) is 0.471. The average molecular weight is 318 g/mol. The van der Waals surface area contributed by atoms with Crippen LogP contribution in [-0.4, -0.2) is 42.4 Å². The lowest BCUT2D eigenvalue weighted by atomic mass is 9.97. The van der Waals surface area contributed by atoms with Crippen LogP contribution in [0.4, 0.5) is 10.5 Å². The third kappa shape index (κ3) is 4.55. The van der Waals surface area contributed by atoms with Crippen LogP contribution in [0.3, 0.4) is 0 Å². The fourth-order valence-corrected chi connectivity index (χ4v) is 2.60. The average Bonchev–Trinajstić information content (AvgIpc) is 2.55. The molecular formula is C17H22N2O4. The van der Waals surface area contributed by atoms with Gasteiger partial charge in [-0.3, -0.25) is 9.59 Å². The zero-order valence-electron chi connectivity index (χ0n) is 13.5. The summed E-state index contributed by atoms with van der Waals surface area (Å²) in [5.74, 6) is -0.379. The molecule has 1 unspecified atom stereocenters. The van der Waals surface area contributed by atoms with E-state index in [1.807, 2.05) is 0 Å². The minimum Gasteiger partial charge on any atom is -0.450 e. The van der Waals surface area contributed by atoms with Crippen molar-refractivity contribution in [3.8, 4) is 0 Å². The van der Waals surface area contributed by atoms with Gasteiger partial charge < -0.3 is 15.0 Å². The SMILES string of the molecule is CCOC(=O)N1CCCC(C(=O)Nc2ccc(C(C)=O)cc2)C1. The van der Waals surface area contributed by atoms with Gasteiger partial charge in [-0.25, -0.2) is 4.79 Å². The molecule has 1 heterocycles. The maximum Gasteiger partial charge on any atom is 0.409 e. The van der Waals surface area contributed by atoms with Gasteiger partial charge in [-0.2, -0.15) is 0 Å². The molecule has 1 aromatic rings. The highest BCUT2D eigenvalue weighted by Crippen LogP contribution is 2.20. The number of nitrogens with one attached hydrogen (secondary N) is 1. The zero-order valence-corrected chi connectivity index (χ0v) is 13.5. The van der Waals surface area contributed by atoms with E-state index < -0.39 is 0 Å². The van der Waals surface area contributed by atoms with Gasteiger partial charge in [0.15, 0.2) is 5.78 Å². The van der Waals surface area contributed by atoms with E-state index in [0.717, 1.165) is 12.8 Å². The molecule has 0 spiro atoms. The molecule has 1 N–H and O–H groups in total. The monoisotopic (exact) mass is 318 g/mol. The summed E-state index contributed by atoms with van der Waals surface area (Å²) in [4.78, 5) is 36.9. The van der Waals surface area contributed by atoms with E-state index >= 15 is 0 Å². The van der Waals surface area contributed by atoms with Crippen LogP contribution in [0.2, 0.25) is 0 Å². The topological polar surface area (TPSA) is 75.7 Å². The van der Waals surface area contributed by atoms with Crippen LogP contribution in [-0.2, 0) is 9.53 Å². The van der Waals surface area contributed by atoms with Gasteiger partial charge in [0.1, 0.15) is 0 Å². The Balaban J connectivity index is 1.94. The second-order valence-electron chi connectivity index (χ2n) is 5.61. The van der Waals surface area contributed by atoms with Gasteiger partial charge in [0.25, 0.3) is 0 Å². The number of rotatable bonds is 4. The normalized spacial score (nSPS) is 17.5. The standard InChI is InChI=1S/C17H22N2O4/c1-3-23-17(22)19-10-4-5-14(11-19)16(21)18-15-8-6-13(7-9-15)12(2)20/h6-9,14H,3-5,10-11H2,1-2H3,(H,18,21). The number of benzene rings is 1. The molecule has 23 heavy (non-hydrogen) atoms. The smallest absolute Gasteiger partial charge is 0.409 e.